The molecule has 0 spiro atoms. The fourth-order valence-electron chi connectivity index (χ4n) is 2.55. The van der Waals surface area contributed by atoms with Crippen molar-refractivity contribution in [2.75, 3.05) is 13.7 Å². The number of ether oxygens (including phenoxy) is 1. The molecule has 0 aromatic rings. The van der Waals surface area contributed by atoms with Crippen LogP contribution in [-0.2, 0) is 9.53 Å². The average molecular weight is 270 g/mol. The molecule has 4 nitrogen and oxygen atoms in total. The smallest absolute Gasteiger partial charge is 0.241 e. The molecule has 1 rings (SSSR count). The van der Waals surface area contributed by atoms with Crippen molar-refractivity contribution < 1.29 is 9.53 Å². The van der Waals surface area contributed by atoms with E-state index in [4.69, 9.17) is 4.74 Å². The summed E-state index contributed by atoms with van der Waals surface area (Å²) in [5.74, 6) is 0.802. The van der Waals surface area contributed by atoms with Crippen molar-refractivity contribution in [1.29, 1.82) is 0 Å². The summed E-state index contributed by atoms with van der Waals surface area (Å²) < 4.78 is 5.47. The monoisotopic (exact) mass is 270 g/mol. The van der Waals surface area contributed by atoms with Gasteiger partial charge in [0.25, 0.3) is 0 Å². The van der Waals surface area contributed by atoms with E-state index in [0.29, 0.717) is 12.5 Å². The molecular formula is C15H30N2O2. The van der Waals surface area contributed by atoms with E-state index in [0.717, 1.165) is 19.3 Å². The molecule has 112 valence electrons. The van der Waals surface area contributed by atoms with Crippen molar-refractivity contribution in [2.24, 2.45) is 5.92 Å². The molecule has 1 heterocycles. The Kier molecular flexibility index (Phi) is 5.81. The van der Waals surface area contributed by atoms with E-state index in [9.17, 15) is 4.79 Å². The molecule has 1 aliphatic heterocycles. The molecule has 0 radical (unpaired) electrons. The summed E-state index contributed by atoms with van der Waals surface area (Å²) in [7, 11) is 1.70. The highest BCUT2D eigenvalue weighted by Crippen LogP contribution is 2.23. The van der Waals surface area contributed by atoms with Crippen molar-refractivity contribution in [2.45, 2.75) is 71.7 Å². The molecule has 1 saturated heterocycles. The van der Waals surface area contributed by atoms with Crippen molar-refractivity contribution in [3.8, 4) is 0 Å². The first-order chi connectivity index (χ1) is 8.80. The lowest BCUT2D eigenvalue weighted by Gasteiger charge is -2.33. The molecule has 1 aliphatic rings. The standard InChI is InChI=1S/C15H30N2O2/c1-7-8-12-14(18)17(10-15(4,5)19-6)13(16-12)9-11(2)3/h11-13,16H,7-10H2,1-6H3. The van der Waals surface area contributed by atoms with Crippen LogP contribution < -0.4 is 5.32 Å². The van der Waals surface area contributed by atoms with Gasteiger partial charge in [-0.2, -0.15) is 0 Å². The highest BCUT2D eigenvalue weighted by molar-refractivity contribution is 5.84. The van der Waals surface area contributed by atoms with Gasteiger partial charge in [-0.25, -0.2) is 0 Å². The summed E-state index contributed by atoms with van der Waals surface area (Å²) >= 11 is 0. The lowest BCUT2D eigenvalue weighted by atomic mass is 10.1. The van der Waals surface area contributed by atoms with Crippen LogP contribution in [0.4, 0.5) is 0 Å². The normalized spacial score (nSPS) is 24.6. The van der Waals surface area contributed by atoms with Crippen molar-refractivity contribution in [3.05, 3.63) is 0 Å². The quantitative estimate of drug-likeness (QED) is 0.772. The van der Waals surface area contributed by atoms with Crippen LogP contribution in [-0.4, -0.2) is 42.3 Å². The van der Waals surface area contributed by atoms with Crippen LogP contribution in [0, 0.1) is 5.92 Å². The third kappa shape index (κ3) is 4.46. The Morgan fingerprint density at radius 2 is 2.05 bits per heavy atom. The Bertz CT molecular complexity index is 303. The first-order valence-electron chi connectivity index (χ1n) is 7.42. The Hall–Kier alpha value is -0.610. The highest BCUT2D eigenvalue weighted by atomic mass is 16.5. The number of amides is 1. The van der Waals surface area contributed by atoms with Gasteiger partial charge in [0.15, 0.2) is 0 Å². The molecule has 0 bridgehead atoms. The topological polar surface area (TPSA) is 41.6 Å². The van der Waals surface area contributed by atoms with Crippen LogP contribution in [0.3, 0.4) is 0 Å². The van der Waals surface area contributed by atoms with Crippen molar-refractivity contribution in [1.82, 2.24) is 10.2 Å². The number of nitrogens with zero attached hydrogens (tertiary/aromatic N) is 1. The van der Waals surface area contributed by atoms with Crippen LogP contribution >= 0.6 is 0 Å². The average Bonchev–Trinajstić information content (AvgIpc) is 2.57. The minimum absolute atomic E-state index is 0.0126. The van der Waals surface area contributed by atoms with Crippen LogP contribution in [0.5, 0.6) is 0 Å². The summed E-state index contributed by atoms with van der Waals surface area (Å²) in [6.07, 6.45) is 3.08. The first-order valence-corrected chi connectivity index (χ1v) is 7.42. The van der Waals surface area contributed by atoms with E-state index in [1.165, 1.54) is 0 Å². The number of methoxy groups -OCH3 is 1. The molecule has 1 fully saturated rings. The number of nitrogens with one attached hydrogen (secondary N) is 1. The van der Waals surface area contributed by atoms with Gasteiger partial charge in [0.2, 0.25) is 5.91 Å². The number of carbonyl (C=O) groups excluding carboxylic acids is 1. The molecule has 2 unspecified atom stereocenters. The maximum Gasteiger partial charge on any atom is 0.241 e. The molecule has 0 aromatic carbocycles. The molecule has 2 atom stereocenters. The van der Waals surface area contributed by atoms with Crippen molar-refractivity contribution in [3.63, 3.8) is 0 Å². The Morgan fingerprint density at radius 1 is 1.42 bits per heavy atom. The van der Waals surface area contributed by atoms with Gasteiger partial charge in [-0.15, -0.1) is 0 Å². The SMILES string of the molecule is CCCC1NC(CC(C)C)N(CC(C)(C)OC)C1=O. The van der Waals surface area contributed by atoms with Crippen LogP contribution in [0.15, 0.2) is 0 Å². The molecule has 19 heavy (non-hydrogen) atoms. The first kappa shape index (κ1) is 16.4. The zero-order valence-electron chi connectivity index (χ0n) is 13.3. The second kappa shape index (κ2) is 6.71. The zero-order chi connectivity index (χ0) is 14.6. The minimum Gasteiger partial charge on any atom is -0.377 e. The Labute approximate surface area is 117 Å². The molecule has 1 N–H and O–H groups in total. The van der Waals surface area contributed by atoms with Gasteiger partial charge in [-0.3, -0.25) is 10.1 Å². The van der Waals surface area contributed by atoms with E-state index >= 15 is 0 Å². The molecule has 1 amide bonds. The summed E-state index contributed by atoms with van der Waals surface area (Å²) in [5, 5.41) is 3.49. The number of hydrogen-bond donors (Lipinski definition) is 1. The van der Waals surface area contributed by atoms with Crippen LogP contribution in [0.25, 0.3) is 0 Å². The maximum atomic E-state index is 12.5. The van der Waals surface area contributed by atoms with Gasteiger partial charge < -0.3 is 9.64 Å². The zero-order valence-corrected chi connectivity index (χ0v) is 13.3. The predicted molar refractivity (Wildman–Crippen MR) is 77.9 cm³/mol. The maximum absolute atomic E-state index is 12.5. The van der Waals surface area contributed by atoms with Gasteiger partial charge in [0.05, 0.1) is 24.4 Å². The lowest BCUT2D eigenvalue weighted by molar-refractivity contribution is -0.134. The van der Waals surface area contributed by atoms with E-state index in [1.54, 1.807) is 7.11 Å². The number of rotatable bonds is 7. The third-order valence-corrected chi connectivity index (χ3v) is 3.73. The van der Waals surface area contributed by atoms with E-state index in [1.807, 2.05) is 18.7 Å². The van der Waals surface area contributed by atoms with Crippen LogP contribution in [0.2, 0.25) is 0 Å². The molecule has 0 aliphatic carbocycles. The Morgan fingerprint density at radius 3 is 2.53 bits per heavy atom. The van der Waals surface area contributed by atoms with Gasteiger partial charge >= 0.3 is 0 Å². The second-order valence-corrected chi connectivity index (χ2v) is 6.58. The third-order valence-electron chi connectivity index (χ3n) is 3.73. The van der Waals surface area contributed by atoms with E-state index in [2.05, 4.69) is 26.1 Å². The fraction of sp³-hybridized carbons (Fsp3) is 0.933. The van der Waals surface area contributed by atoms with E-state index in [-0.39, 0.29) is 23.7 Å². The summed E-state index contributed by atoms with van der Waals surface area (Å²) in [5.41, 5.74) is -0.298. The van der Waals surface area contributed by atoms with Gasteiger partial charge in [0.1, 0.15) is 0 Å². The predicted octanol–water partition coefficient (Wildman–Crippen LogP) is 2.38. The second-order valence-electron chi connectivity index (χ2n) is 6.58. The molecular weight excluding hydrogens is 240 g/mol. The van der Waals surface area contributed by atoms with Gasteiger partial charge in [0, 0.05) is 7.11 Å². The summed E-state index contributed by atoms with van der Waals surface area (Å²) in [6, 6.07) is -0.0126. The number of carbonyl (C=O) groups is 1. The van der Waals surface area contributed by atoms with Gasteiger partial charge in [-0.1, -0.05) is 27.2 Å². The minimum atomic E-state index is -0.298. The highest BCUT2D eigenvalue weighted by Gasteiger charge is 2.40. The Balaban J connectivity index is 2.79. The van der Waals surface area contributed by atoms with Gasteiger partial charge in [-0.05, 0) is 32.6 Å². The molecule has 0 saturated carbocycles. The number of hydrogen-bond acceptors (Lipinski definition) is 3. The van der Waals surface area contributed by atoms with E-state index < -0.39 is 0 Å². The van der Waals surface area contributed by atoms with Crippen LogP contribution in [0.1, 0.15) is 53.9 Å². The van der Waals surface area contributed by atoms with Crippen molar-refractivity contribution >= 4 is 5.91 Å². The summed E-state index contributed by atoms with van der Waals surface area (Å²) in [4.78, 5) is 14.5. The fourth-order valence-corrected chi connectivity index (χ4v) is 2.55. The largest absolute Gasteiger partial charge is 0.377 e. The molecule has 4 heteroatoms. The molecule has 0 aromatic heterocycles. The summed E-state index contributed by atoms with van der Waals surface area (Å²) in [6.45, 7) is 11.2. The lowest BCUT2D eigenvalue weighted by Crippen LogP contribution is -2.46.